The van der Waals surface area contributed by atoms with Crippen LogP contribution in [0.2, 0.25) is 0 Å². The highest BCUT2D eigenvalue weighted by Gasteiger charge is 2.27. The number of likely N-dealkylation sites (tertiary alicyclic amines) is 1. The first-order chi connectivity index (χ1) is 13.6. The monoisotopic (exact) mass is 378 g/mol. The highest BCUT2D eigenvalue weighted by atomic mass is 16.3. The smallest absolute Gasteiger partial charge is 0.246 e. The maximum atomic E-state index is 12.1. The largest absolute Gasteiger partial charge is 0.392 e. The number of aliphatic hydroxyl groups excluding tert-OH is 1. The van der Waals surface area contributed by atoms with Crippen LogP contribution >= 0.6 is 0 Å². The van der Waals surface area contributed by atoms with Crippen LogP contribution < -0.4 is 5.73 Å². The van der Waals surface area contributed by atoms with Crippen LogP contribution in [-0.2, 0) is 11.4 Å². The van der Waals surface area contributed by atoms with E-state index < -0.39 is 0 Å². The number of aromatic nitrogens is 4. The third-order valence-corrected chi connectivity index (χ3v) is 5.16. The van der Waals surface area contributed by atoms with E-state index in [1.54, 1.807) is 4.90 Å². The van der Waals surface area contributed by atoms with Crippen molar-refractivity contribution in [3.05, 3.63) is 48.8 Å². The number of nitrogens with two attached hydrogens (primary N) is 1. The molecule has 0 spiro atoms. The quantitative estimate of drug-likeness (QED) is 0.671. The molecule has 0 bridgehead atoms. The van der Waals surface area contributed by atoms with Gasteiger partial charge in [-0.05, 0) is 24.5 Å². The zero-order chi connectivity index (χ0) is 19.7. The van der Waals surface area contributed by atoms with Crippen molar-refractivity contribution in [1.82, 2.24) is 24.6 Å². The molecule has 3 N–H and O–H groups in total. The summed E-state index contributed by atoms with van der Waals surface area (Å²) in [6.07, 6.45) is 4.55. The number of nitrogen functional groups attached to an aromatic ring is 1. The molecule has 1 amide bonds. The Morgan fingerprint density at radius 1 is 1.32 bits per heavy atom. The molecule has 3 heterocycles. The van der Waals surface area contributed by atoms with Gasteiger partial charge in [-0.1, -0.05) is 30.8 Å². The van der Waals surface area contributed by atoms with E-state index in [4.69, 9.17) is 10.8 Å². The van der Waals surface area contributed by atoms with E-state index in [0.717, 1.165) is 24.0 Å². The van der Waals surface area contributed by atoms with Gasteiger partial charge in [-0.25, -0.2) is 14.6 Å². The fraction of sp³-hybridized carbons (Fsp3) is 0.300. The van der Waals surface area contributed by atoms with Crippen LogP contribution in [0.4, 0.5) is 5.82 Å². The normalized spacial score (nSPS) is 17.0. The van der Waals surface area contributed by atoms with Crippen molar-refractivity contribution < 1.29 is 9.90 Å². The van der Waals surface area contributed by atoms with E-state index in [-0.39, 0.29) is 18.6 Å². The number of amides is 1. The van der Waals surface area contributed by atoms with Gasteiger partial charge in [0.15, 0.2) is 5.65 Å². The maximum Gasteiger partial charge on any atom is 0.246 e. The summed E-state index contributed by atoms with van der Waals surface area (Å²) in [5, 5.41) is 14.8. The standard InChI is InChI=1S/C20H22N6O2/c1-2-16(28)25-9-3-4-15(10-25)26-20-17(19(21)22-12-23-20)18(24-26)14-7-5-13(11-27)6-8-14/h2,5-8,12,15,27H,1,3-4,9-11H2,(H2,21,22,23)/t15-/m1/s1. The van der Waals surface area contributed by atoms with Crippen LogP contribution in [-0.4, -0.2) is 48.8 Å². The van der Waals surface area contributed by atoms with Gasteiger partial charge in [0, 0.05) is 18.7 Å². The number of anilines is 1. The number of carbonyl (C=O) groups is 1. The minimum Gasteiger partial charge on any atom is -0.392 e. The molecule has 4 rings (SSSR count). The number of piperidine rings is 1. The number of rotatable bonds is 4. The van der Waals surface area contributed by atoms with Gasteiger partial charge in [-0.15, -0.1) is 0 Å². The summed E-state index contributed by atoms with van der Waals surface area (Å²) >= 11 is 0. The molecule has 1 atom stereocenters. The molecule has 8 heteroatoms. The number of aliphatic hydroxyl groups is 1. The molecule has 1 aliphatic rings. The summed E-state index contributed by atoms with van der Waals surface area (Å²) in [6.45, 7) is 4.83. The molecule has 1 aromatic carbocycles. The van der Waals surface area contributed by atoms with Gasteiger partial charge in [-0.3, -0.25) is 4.79 Å². The molecule has 8 nitrogen and oxygen atoms in total. The van der Waals surface area contributed by atoms with E-state index in [1.807, 2.05) is 28.9 Å². The summed E-state index contributed by atoms with van der Waals surface area (Å²) in [5.74, 6) is 0.294. The zero-order valence-electron chi connectivity index (χ0n) is 15.5. The Morgan fingerprint density at radius 3 is 2.82 bits per heavy atom. The number of carbonyl (C=O) groups excluding carboxylic acids is 1. The fourth-order valence-corrected chi connectivity index (χ4v) is 3.70. The van der Waals surface area contributed by atoms with Crippen LogP contribution in [0.1, 0.15) is 24.4 Å². The van der Waals surface area contributed by atoms with Gasteiger partial charge in [0.1, 0.15) is 17.8 Å². The molecule has 28 heavy (non-hydrogen) atoms. The third-order valence-electron chi connectivity index (χ3n) is 5.16. The summed E-state index contributed by atoms with van der Waals surface area (Å²) in [6, 6.07) is 7.51. The van der Waals surface area contributed by atoms with Crippen molar-refractivity contribution >= 4 is 22.8 Å². The molecule has 1 fully saturated rings. The Labute approximate surface area is 162 Å². The average Bonchev–Trinajstić information content (AvgIpc) is 3.14. The summed E-state index contributed by atoms with van der Waals surface area (Å²) in [4.78, 5) is 22.4. The van der Waals surface area contributed by atoms with Crippen molar-refractivity contribution in [2.45, 2.75) is 25.5 Å². The van der Waals surface area contributed by atoms with E-state index in [1.165, 1.54) is 12.4 Å². The molecule has 3 aromatic rings. The Bertz CT molecular complexity index is 1030. The predicted octanol–water partition coefficient (Wildman–Crippen LogP) is 1.92. The number of benzene rings is 1. The van der Waals surface area contributed by atoms with E-state index in [0.29, 0.717) is 35.6 Å². The Morgan fingerprint density at radius 2 is 2.11 bits per heavy atom. The van der Waals surface area contributed by atoms with Gasteiger partial charge < -0.3 is 15.7 Å². The molecular formula is C20H22N6O2. The Kier molecular flexibility index (Phi) is 4.79. The second-order valence-electron chi connectivity index (χ2n) is 6.89. The van der Waals surface area contributed by atoms with Gasteiger partial charge in [-0.2, -0.15) is 5.10 Å². The van der Waals surface area contributed by atoms with Gasteiger partial charge in [0.2, 0.25) is 5.91 Å². The fourth-order valence-electron chi connectivity index (χ4n) is 3.70. The summed E-state index contributed by atoms with van der Waals surface area (Å²) in [7, 11) is 0. The van der Waals surface area contributed by atoms with Crippen LogP contribution in [0.5, 0.6) is 0 Å². The minimum atomic E-state index is -0.0740. The molecule has 144 valence electrons. The molecule has 0 saturated carbocycles. The van der Waals surface area contributed by atoms with Crippen LogP contribution in [0.3, 0.4) is 0 Å². The minimum absolute atomic E-state index is 0.0000787. The third kappa shape index (κ3) is 3.11. The highest BCUT2D eigenvalue weighted by molar-refractivity contribution is 5.98. The van der Waals surface area contributed by atoms with Crippen LogP contribution in [0, 0.1) is 0 Å². The maximum absolute atomic E-state index is 12.1. The number of hydrogen-bond donors (Lipinski definition) is 2. The lowest BCUT2D eigenvalue weighted by atomic mass is 10.1. The molecular weight excluding hydrogens is 356 g/mol. The molecule has 0 radical (unpaired) electrons. The highest BCUT2D eigenvalue weighted by Crippen LogP contribution is 2.33. The zero-order valence-corrected chi connectivity index (χ0v) is 15.5. The van der Waals surface area contributed by atoms with E-state index in [9.17, 15) is 9.90 Å². The van der Waals surface area contributed by atoms with Crippen molar-refractivity contribution in [1.29, 1.82) is 0 Å². The Balaban J connectivity index is 1.80. The SMILES string of the molecule is C=CC(=O)N1CCC[C@@H](n2nc(-c3ccc(CO)cc3)c3c(N)ncnc32)C1. The van der Waals surface area contributed by atoms with Crippen molar-refractivity contribution in [3.63, 3.8) is 0 Å². The Hall–Kier alpha value is -3.26. The molecule has 2 aromatic heterocycles. The van der Waals surface area contributed by atoms with Crippen molar-refractivity contribution in [2.75, 3.05) is 18.8 Å². The molecule has 0 unspecified atom stereocenters. The second kappa shape index (κ2) is 7.40. The van der Waals surface area contributed by atoms with Crippen molar-refractivity contribution in [3.8, 4) is 11.3 Å². The van der Waals surface area contributed by atoms with Gasteiger partial charge >= 0.3 is 0 Å². The number of nitrogens with zero attached hydrogens (tertiary/aromatic N) is 5. The lowest BCUT2D eigenvalue weighted by Gasteiger charge is -2.32. The molecule has 1 saturated heterocycles. The van der Waals surface area contributed by atoms with Gasteiger partial charge in [0.05, 0.1) is 18.0 Å². The molecule has 0 aliphatic carbocycles. The van der Waals surface area contributed by atoms with Crippen LogP contribution in [0.25, 0.3) is 22.3 Å². The second-order valence-corrected chi connectivity index (χ2v) is 6.89. The first-order valence-electron chi connectivity index (χ1n) is 9.22. The lowest BCUT2D eigenvalue weighted by Crippen LogP contribution is -2.40. The first-order valence-corrected chi connectivity index (χ1v) is 9.22. The number of fused-ring (bicyclic) bond motifs is 1. The molecule has 1 aliphatic heterocycles. The summed E-state index contributed by atoms with van der Waals surface area (Å²) < 4.78 is 1.87. The summed E-state index contributed by atoms with van der Waals surface area (Å²) in [5.41, 5.74) is 9.22. The van der Waals surface area contributed by atoms with Crippen LogP contribution in [0.15, 0.2) is 43.2 Å². The number of hydrogen-bond acceptors (Lipinski definition) is 6. The first kappa shape index (κ1) is 18.1. The van der Waals surface area contributed by atoms with E-state index in [2.05, 4.69) is 16.5 Å². The van der Waals surface area contributed by atoms with Gasteiger partial charge in [0.25, 0.3) is 0 Å². The topological polar surface area (TPSA) is 110 Å². The lowest BCUT2D eigenvalue weighted by molar-refractivity contribution is -0.127. The van der Waals surface area contributed by atoms with E-state index >= 15 is 0 Å². The van der Waals surface area contributed by atoms with Crippen molar-refractivity contribution in [2.24, 2.45) is 0 Å². The average molecular weight is 378 g/mol. The predicted molar refractivity (Wildman–Crippen MR) is 106 cm³/mol.